The Labute approximate surface area is 148 Å². The van der Waals surface area contributed by atoms with Crippen molar-refractivity contribution in [3.05, 3.63) is 59.4 Å². The van der Waals surface area contributed by atoms with Gasteiger partial charge in [-0.3, -0.25) is 15.1 Å². The van der Waals surface area contributed by atoms with Crippen LogP contribution in [0.25, 0.3) is 22.4 Å². The first-order valence-corrected chi connectivity index (χ1v) is 8.61. The third-order valence-corrected chi connectivity index (χ3v) is 4.78. The van der Waals surface area contributed by atoms with Crippen LogP contribution in [0.1, 0.15) is 16.2 Å². The Morgan fingerprint density at radius 2 is 2.04 bits per heavy atom. The van der Waals surface area contributed by atoms with Gasteiger partial charge in [0, 0.05) is 24.2 Å². The molecule has 3 aromatic heterocycles. The molecule has 0 atom stereocenters. The highest BCUT2D eigenvalue weighted by Gasteiger charge is 2.12. The fraction of sp³-hybridized carbons (Fsp3) is 0.111. The zero-order valence-corrected chi connectivity index (χ0v) is 14.5. The third-order valence-electron chi connectivity index (χ3n) is 4.02. The first-order valence-electron chi connectivity index (χ1n) is 7.73. The molecular weight excluding hydrogens is 334 g/mol. The van der Waals surface area contributed by atoms with Gasteiger partial charge in [-0.1, -0.05) is 6.07 Å². The van der Waals surface area contributed by atoms with Crippen LogP contribution < -0.4 is 5.32 Å². The lowest BCUT2D eigenvalue weighted by Gasteiger charge is -2.02. The smallest absolute Gasteiger partial charge is 0.257 e. The number of aromatic nitrogens is 4. The Hall–Kier alpha value is -3.06. The number of fused-ring (bicyclic) bond motifs is 1. The summed E-state index contributed by atoms with van der Waals surface area (Å²) < 4.78 is 2.00. The number of imidazole rings is 1. The number of hydrogen-bond acceptors (Lipinski definition) is 5. The molecular formula is C18H15N5OS. The Morgan fingerprint density at radius 3 is 2.84 bits per heavy atom. The topological polar surface area (TPSA) is 72.7 Å². The van der Waals surface area contributed by atoms with Crippen LogP contribution in [0, 0.1) is 6.92 Å². The molecule has 0 aliphatic carbocycles. The van der Waals surface area contributed by atoms with Crippen LogP contribution in [-0.4, -0.2) is 25.4 Å². The van der Waals surface area contributed by atoms with Gasteiger partial charge in [0.05, 0.1) is 16.7 Å². The molecule has 4 rings (SSSR count). The van der Waals surface area contributed by atoms with E-state index in [-0.39, 0.29) is 5.91 Å². The van der Waals surface area contributed by atoms with Crippen LogP contribution in [0.5, 0.6) is 0 Å². The summed E-state index contributed by atoms with van der Waals surface area (Å²) in [6, 6.07) is 11.2. The van der Waals surface area contributed by atoms with Gasteiger partial charge < -0.3 is 4.57 Å². The first kappa shape index (κ1) is 15.5. The lowest BCUT2D eigenvalue weighted by Crippen LogP contribution is -2.11. The highest BCUT2D eigenvalue weighted by atomic mass is 32.1. The Bertz CT molecular complexity index is 1070. The molecule has 1 amide bonds. The number of thiazole rings is 1. The molecule has 0 unspecified atom stereocenters. The molecule has 0 bridgehead atoms. The predicted molar refractivity (Wildman–Crippen MR) is 98.7 cm³/mol. The molecule has 4 aromatic rings. The van der Waals surface area contributed by atoms with Gasteiger partial charge in [-0.15, -0.1) is 11.3 Å². The van der Waals surface area contributed by atoms with E-state index in [2.05, 4.69) is 20.3 Å². The minimum Gasteiger partial charge on any atom is -0.331 e. The number of rotatable bonds is 3. The minimum absolute atomic E-state index is 0.202. The highest BCUT2D eigenvalue weighted by molar-refractivity contribution is 7.14. The van der Waals surface area contributed by atoms with Gasteiger partial charge in [0.2, 0.25) is 0 Å². The molecule has 0 aliphatic heterocycles. The van der Waals surface area contributed by atoms with E-state index in [4.69, 9.17) is 0 Å². The molecule has 25 heavy (non-hydrogen) atoms. The molecule has 0 radical (unpaired) electrons. The standard InChI is InChI=1S/C18H15N5OS/c1-11-20-14-9-12(6-7-16(14)23(11)2)17(24)22-18-21-15(10-25-18)13-5-3-4-8-19-13/h3-10H,1-2H3,(H,21,22,24). The Kier molecular flexibility index (Phi) is 3.77. The maximum absolute atomic E-state index is 12.5. The van der Waals surface area contributed by atoms with E-state index in [0.717, 1.165) is 28.2 Å². The number of aryl methyl sites for hydroxylation is 2. The first-order chi connectivity index (χ1) is 12.1. The van der Waals surface area contributed by atoms with Crippen molar-refractivity contribution in [3.63, 3.8) is 0 Å². The summed E-state index contributed by atoms with van der Waals surface area (Å²) in [7, 11) is 1.96. The zero-order valence-electron chi connectivity index (χ0n) is 13.7. The maximum Gasteiger partial charge on any atom is 0.257 e. The van der Waals surface area contributed by atoms with E-state index in [1.165, 1.54) is 11.3 Å². The Morgan fingerprint density at radius 1 is 1.16 bits per heavy atom. The van der Waals surface area contributed by atoms with Crippen LogP contribution in [0.15, 0.2) is 48.0 Å². The second-order valence-corrected chi connectivity index (χ2v) is 6.49. The van der Waals surface area contributed by atoms with E-state index in [9.17, 15) is 4.79 Å². The maximum atomic E-state index is 12.5. The second kappa shape index (κ2) is 6.10. The number of hydrogen-bond donors (Lipinski definition) is 1. The number of carbonyl (C=O) groups excluding carboxylic acids is 1. The SMILES string of the molecule is Cc1nc2cc(C(=O)Nc3nc(-c4ccccn4)cs3)ccc2n1C. The lowest BCUT2D eigenvalue weighted by molar-refractivity contribution is 0.102. The number of anilines is 1. The number of carbonyl (C=O) groups is 1. The largest absolute Gasteiger partial charge is 0.331 e. The van der Waals surface area contributed by atoms with Gasteiger partial charge in [0.15, 0.2) is 5.13 Å². The van der Waals surface area contributed by atoms with Crippen LogP contribution in [0.2, 0.25) is 0 Å². The molecule has 124 valence electrons. The summed E-state index contributed by atoms with van der Waals surface area (Å²) in [4.78, 5) is 25.7. The molecule has 3 heterocycles. The van der Waals surface area contributed by atoms with Crippen molar-refractivity contribution in [2.75, 3.05) is 5.32 Å². The zero-order chi connectivity index (χ0) is 17.4. The molecule has 0 aliphatic rings. The van der Waals surface area contributed by atoms with E-state index in [1.54, 1.807) is 18.3 Å². The van der Waals surface area contributed by atoms with Gasteiger partial charge in [-0.25, -0.2) is 9.97 Å². The van der Waals surface area contributed by atoms with Gasteiger partial charge in [0.25, 0.3) is 5.91 Å². The quantitative estimate of drug-likeness (QED) is 0.613. The number of nitrogens with zero attached hydrogens (tertiary/aromatic N) is 4. The molecule has 1 N–H and O–H groups in total. The van der Waals surface area contributed by atoms with Gasteiger partial charge >= 0.3 is 0 Å². The number of pyridine rings is 1. The fourth-order valence-electron chi connectivity index (χ4n) is 2.59. The van der Waals surface area contributed by atoms with Gasteiger partial charge in [0.1, 0.15) is 11.5 Å². The molecule has 0 spiro atoms. The Balaban J connectivity index is 1.57. The summed E-state index contributed by atoms with van der Waals surface area (Å²) in [5, 5.41) is 5.26. The monoisotopic (exact) mass is 349 g/mol. The summed E-state index contributed by atoms with van der Waals surface area (Å²) in [5.74, 6) is 0.708. The summed E-state index contributed by atoms with van der Waals surface area (Å²) in [5.41, 5.74) is 3.89. The van der Waals surface area contributed by atoms with Crippen molar-refractivity contribution >= 4 is 33.4 Å². The van der Waals surface area contributed by atoms with E-state index in [0.29, 0.717) is 10.7 Å². The predicted octanol–water partition coefficient (Wildman–Crippen LogP) is 3.65. The van der Waals surface area contributed by atoms with E-state index < -0.39 is 0 Å². The van der Waals surface area contributed by atoms with Gasteiger partial charge in [-0.05, 0) is 37.3 Å². The minimum atomic E-state index is -0.202. The van der Waals surface area contributed by atoms with E-state index >= 15 is 0 Å². The molecule has 7 heteroatoms. The molecule has 0 saturated heterocycles. The summed E-state index contributed by atoms with van der Waals surface area (Å²) in [6.45, 7) is 1.94. The number of nitrogens with one attached hydrogen (secondary N) is 1. The number of amides is 1. The highest BCUT2D eigenvalue weighted by Crippen LogP contribution is 2.24. The van der Waals surface area contributed by atoms with Crippen molar-refractivity contribution in [2.45, 2.75) is 6.92 Å². The van der Waals surface area contributed by atoms with Crippen LogP contribution in [-0.2, 0) is 7.05 Å². The number of benzene rings is 1. The van der Waals surface area contributed by atoms with Crippen molar-refractivity contribution < 1.29 is 4.79 Å². The van der Waals surface area contributed by atoms with E-state index in [1.807, 2.05) is 48.2 Å². The lowest BCUT2D eigenvalue weighted by atomic mass is 10.2. The third kappa shape index (κ3) is 2.89. The molecule has 0 fully saturated rings. The van der Waals surface area contributed by atoms with Crippen molar-refractivity contribution in [2.24, 2.45) is 7.05 Å². The average Bonchev–Trinajstić information content (AvgIpc) is 3.20. The average molecular weight is 349 g/mol. The molecule has 1 aromatic carbocycles. The van der Waals surface area contributed by atoms with Crippen molar-refractivity contribution in [1.82, 2.24) is 19.5 Å². The normalized spacial score (nSPS) is 11.0. The van der Waals surface area contributed by atoms with Gasteiger partial charge in [-0.2, -0.15) is 0 Å². The van der Waals surface area contributed by atoms with Crippen LogP contribution >= 0.6 is 11.3 Å². The summed E-state index contributed by atoms with van der Waals surface area (Å²) in [6.07, 6.45) is 1.72. The second-order valence-electron chi connectivity index (χ2n) is 5.63. The van der Waals surface area contributed by atoms with Crippen LogP contribution in [0.4, 0.5) is 5.13 Å². The molecule has 0 saturated carbocycles. The van der Waals surface area contributed by atoms with Crippen molar-refractivity contribution in [3.8, 4) is 11.4 Å². The molecule has 6 nitrogen and oxygen atoms in total. The van der Waals surface area contributed by atoms with Crippen molar-refractivity contribution in [1.29, 1.82) is 0 Å². The fourth-order valence-corrected chi connectivity index (χ4v) is 3.29. The van der Waals surface area contributed by atoms with Crippen LogP contribution in [0.3, 0.4) is 0 Å². The summed E-state index contributed by atoms with van der Waals surface area (Å²) >= 11 is 1.37.